The zero-order valence-corrected chi connectivity index (χ0v) is 57.3. The van der Waals surface area contributed by atoms with Gasteiger partial charge in [0.15, 0.2) is 23.7 Å². The van der Waals surface area contributed by atoms with E-state index in [1.54, 1.807) is 38.4 Å². The predicted molar refractivity (Wildman–Crippen MR) is 344 cm³/mol. The van der Waals surface area contributed by atoms with Crippen molar-refractivity contribution in [2.75, 3.05) is 94.2 Å². The fraction of sp³-hybridized carbons (Fsp3) is 0.694. The number of aromatic nitrogens is 10. The number of carboxylic acid groups (broad SMARTS) is 1. The molecule has 4 aliphatic rings. The first-order valence-electron chi connectivity index (χ1n) is 32.6. The Morgan fingerprint density at radius 3 is 1.70 bits per heavy atom. The maximum absolute atomic E-state index is 13.4. The molecule has 4 aliphatic heterocycles. The average Bonchev–Trinajstić information content (AvgIpc) is 1.34. The van der Waals surface area contributed by atoms with Crippen molar-refractivity contribution >= 4 is 40.6 Å². The number of nitrogens with two attached hydrogens (primary N) is 1. The fourth-order valence-corrected chi connectivity index (χ4v) is 12.9. The van der Waals surface area contributed by atoms with Gasteiger partial charge < -0.3 is 114 Å². The van der Waals surface area contributed by atoms with Crippen molar-refractivity contribution < 1.29 is 106 Å². The Morgan fingerprint density at radius 2 is 1.16 bits per heavy atom. The molecule has 38 nitrogen and oxygen atoms in total. The van der Waals surface area contributed by atoms with Gasteiger partial charge in [0.25, 0.3) is 11.5 Å². The third-order valence-corrected chi connectivity index (χ3v) is 17.9. The number of carbonyl (C=O) groups excluding carboxylic acids is 2. The van der Waals surface area contributed by atoms with Crippen LogP contribution in [0, 0.1) is 0 Å². The van der Waals surface area contributed by atoms with Gasteiger partial charge in [-0.1, -0.05) is 10.4 Å². The summed E-state index contributed by atoms with van der Waals surface area (Å²) in [6.07, 6.45) is -14.7. The second-order valence-electron chi connectivity index (χ2n) is 24.7. The van der Waals surface area contributed by atoms with Crippen LogP contribution in [-0.4, -0.2) is 310 Å². The molecular weight excluding hydrogens is 1320 g/mol. The van der Waals surface area contributed by atoms with E-state index in [1.165, 1.54) is 84.6 Å². The molecule has 4 aromatic heterocycles. The first-order valence-corrected chi connectivity index (χ1v) is 32.6. The third kappa shape index (κ3) is 19.0. The highest BCUT2D eigenvalue weighted by Crippen LogP contribution is 2.35. The predicted octanol–water partition coefficient (Wildman–Crippen LogP) is -3.12. The number of aliphatic carboxylic acids is 1. The number of hydrogen-bond acceptors (Lipinski definition) is 32. The van der Waals surface area contributed by atoms with Crippen molar-refractivity contribution in [3.05, 3.63) is 75.9 Å². The number of nitrogens with one attached hydrogen (secondary N) is 4. The van der Waals surface area contributed by atoms with E-state index >= 15 is 0 Å². The van der Waals surface area contributed by atoms with Crippen LogP contribution in [0.5, 0.6) is 0 Å². The number of benzene rings is 1. The Labute approximate surface area is 574 Å². The van der Waals surface area contributed by atoms with E-state index in [0.717, 1.165) is 0 Å². The Kier molecular flexibility index (Phi) is 27.9. The van der Waals surface area contributed by atoms with Crippen LogP contribution >= 0.6 is 0 Å². The summed E-state index contributed by atoms with van der Waals surface area (Å²) in [5.41, 5.74) is 7.33. The van der Waals surface area contributed by atoms with E-state index in [0.29, 0.717) is 35.7 Å². The highest BCUT2D eigenvalue weighted by molar-refractivity contribution is 5.97. The van der Waals surface area contributed by atoms with Crippen molar-refractivity contribution in [3.8, 4) is 0 Å². The van der Waals surface area contributed by atoms with Gasteiger partial charge >= 0.3 is 5.97 Å². The van der Waals surface area contributed by atoms with Crippen LogP contribution in [0.4, 0.5) is 11.6 Å². The quantitative estimate of drug-likeness (QED) is 0.0179. The molecular formula is C62H93N15O23. The lowest BCUT2D eigenvalue weighted by Gasteiger charge is -2.47. The topological polar surface area (TPSA) is 480 Å². The van der Waals surface area contributed by atoms with Crippen molar-refractivity contribution in [1.29, 1.82) is 0 Å². The fourth-order valence-electron chi connectivity index (χ4n) is 12.9. The van der Waals surface area contributed by atoms with Crippen LogP contribution in [0.2, 0.25) is 0 Å². The molecule has 0 radical (unpaired) electrons. The highest BCUT2D eigenvalue weighted by atomic mass is 16.7. The van der Waals surface area contributed by atoms with Crippen molar-refractivity contribution in [1.82, 2.24) is 65.5 Å². The monoisotopic (exact) mass is 1420 g/mol. The first kappa shape index (κ1) is 77.1. The molecule has 8 heterocycles. The number of fused-ring (bicyclic) bond motifs is 1. The van der Waals surface area contributed by atoms with Crippen LogP contribution in [-0.2, 0) is 109 Å². The molecule has 4 fully saturated rings. The molecule has 100 heavy (non-hydrogen) atoms. The molecule has 554 valence electrons. The summed E-state index contributed by atoms with van der Waals surface area (Å²) in [5, 5.41) is 82.8. The molecule has 11 N–H and O–H groups in total. The lowest BCUT2D eigenvalue weighted by molar-refractivity contribution is -0.346. The molecule has 0 bridgehead atoms. The Bertz CT molecular complexity index is 3460. The smallest absolute Gasteiger partial charge is 0.326 e. The maximum Gasteiger partial charge on any atom is 0.326 e. The molecule has 0 spiro atoms. The molecule has 2 amide bonds. The van der Waals surface area contributed by atoms with Crippen LogP contribution in [0.3, 0.4) is 0 Å². The number of anilines is 2. The van der Waals surface area contributed by atoms with Crippen molar-refractivity contribution in [3.63, 3.8) is 0 Å². The lowest BCUT2D eigenvalue weighted by atomic mass is 9.94. The van der Waals surface area contributed by atoms with Crippen molar-refractivity contribution in [2.45, 2.75) is 194 Å². The van der Waals surface area contributed by atoms with E-state index in [4.69, 9.17) is 72.0 Å². The number of carbonyl (C=O) groups is 3. The number of aliphatic hydroxyl groups is 4. The molecule has 1 aromatic carbocycles. The van der Waals surface area contributed by atoms with Gasteiger partial charge in [-0.25, -0.2) is 24.1 Å². The molecule has 0 saturated carbocycles. The molecule has 21 atom stereocenters. The molecule has 38 heteroatoms. The van der Waals surface area contributed by atoms with Crippen LogP contribution in [0.15, 0.2) is 47.7 Å². The van der Waals surface area contributed by atoms with Gasteiger partial charge in [-0.2, -0.15) is 4.98 Å². The van der Waals surface area contributed by atoms with Gasteiger partial charge in [0, 0.05) is 113 Å². The van der Waals surface area contributed by atoms with Crippen LogP contribution in [0.25, 0.3) is 11.2 Å². The molecule has 5 aromatic rings. The van der Waals surface area contributed by atoms with Gasteiger partial charge in [0.05, 0.1) is 68.3 Å². The summed E-state index contributed by atoms with van der Waals surface area (Å²) in [6.45, 7) is 4.63. The average molecular weight is 1420 g/mol. The Hall–Kier alpha value is -7.03. The zero-order chi connectivity index (χ0) is 71.9. The van der Waals surface area contributed by atoms with Gasteiger partial charge in [0.1, 0.15) is 104 Å². The largest absolute Gasteiger partial charge is 0.480 e. The lowest BCUT2D eigenvalue weighted by Crippen LogP contribution is -2.65. The third-order valence-electron chi connectivity index (χ3n) is 17.9. The van der Waals surface area contributed by atoms with Gasteiger partial charge in [-0.15, -0.1) is 10.2 Å². The number of nitrogens with zero attached hydrogens (tertiary/aromatic N) is 10. The number of aromatic amines is 1. The number of nitrogen functional groups attached to an aromatic ring is 1. The van der Waals surface area contributed by atoms with Gasteiger partial charge in [-0.05, 0) is 51.0 Å². The minimum atomic E-state index is -1.41. The summed E-state index contributed by atoms with van der Waals surface area (Å²) in [6, 6.07) is 4.80. The second kappa shape index (κ2) is 36.2. The van der Waals surface area contributed by atoms with E-state index in [2.05, 4.69) is 56.5 Å². The van der Waals surface area contributed by atoms with Crippen LogP contribution < -0.4 is 27.2 Å². The summed E-state index contributed by atoms with van der Waals surface area (Å²) in [5.74, 6) is -2.56. The summed E-state index contributed by atoms with van der Waals surface area (Å²) < 4.78 is 86.0. The van der Waals surface area contributed by atoms with E-state index in [9.17, 15) is 44.7 Å². The highest BCUT2D eigenvalue weighted by Gasteiger charge is 2.54. The molecule has 9 rings (SSSR count). The summed E-state index contributed by atoms with van der Waals surface area (Å²) in [4.78, 5) is 68.2. The Morgan fingerprint density at radius 1 is 0.660 bits per heavy atom. The first-order chi connectivity index (χ1) is 48.1. The standard InChI is InChI=1S/C62H93N15O23/c1-30-48(89-5)44(79)52(99-61-55(94-10)47(82)51(92-8)40(98-61)28-87-3)39(95-30)27-77-25-36(72-74-77)23-75(22-35-24-76(73-71-35)26-38-50(91-7)46(81)54(93-9)60(97-38)100-53-41(29-88-4)96-31(2)49(90-6)45(53)80)19-11-18-64-42(78)17-16-37(59(85)86)68-57(83)32-12-14-33(15-13-32)65-20-34-21-66-56-43(67-34)58(84)70-62(63)69-56/h12-15,21,24-25,30-31,37-41,44-55,60-61,65,79-82H,11,16-20,22-23,26-29H2,1-10H3,(H,64,78)(H,68,83)(H,85,86)(H3,63,66,69,70,84)/t30-,31-,37?,38?,39?,40?,41?,44+,45+,46-,47-,48?,49?,50+,51+,52+,53+,54?,55?,60-,61-/m0/s1. The SMILES string of the molecule is COCC1O[C@@H](O[C@@H]2C(Cn3cc(CN(CCCNC(=O)CCC(NC(=O)c4ccc(NCc5cnc6nc(N)[nH]c(=O)c6n5)cc4)C(=O)O)Cc4cn(CC5O[C@@H](O[C@@H]6C(COC)O[C@@H](C)C(OC)[C@H]6O)C(OC)[C@@H](O)[C@@H]5OC)nn4)nn3)O[C@@H](C)C(OC)[C@H]2O)C(OC)[C@@H](O)[C@@H]1OC. The zero-order valence-electron chi connectivity index (χ0n) is 57.3. The van der Waals surface area contributed by atoms with Gasteiger partial charge in [0.2, 0.25) is 11.9 Å². The number of ether oxygens (including phenoxy) is 14. The molecule has 0 aliphatic carbocycles. The number of aliphatic hydroxyl groups excluding tert-OH is 4. The maximum atomic E-state index is 13.4. The summed E-state index contributed by atoms with van der Waals surface area (Å²) >= 11 is 0. The number of amides is 2. The molecule has 9 unspecified atom stereocenters. The van der Waals surface area contributed by atoms with Gasteiger partial charge in [-0.3, -0.25) is 24.3 Å². The van der Waals surface area contributed by atoms with Crippen LogP contribution in [0.1, 0.15) is 60.5 Å². The number of methoxy groups -OCH3 is 8. The second-order valence-corrected chi connectivity index (χ2v) is 24.7. The minimum absolute atomic E-state index is 0.000500. The normalized spacial score (nSPS) is 30.5. The number of hydrogen-bond donors (Lipinski definition) is 10. The number of carboxylic acids is 1. The van der Waals surface area contributed by atoms with E-state index in [-0.39, 0.29) is 88.0 Å². The van der Waals surface area contributed by atoms with Crippen molar-refractivity contribution in [2.24, 2.45) is 0 Å². The number of rotatable bonds is 35. The Balaban J connectivity index is 0.855. The summed E-state index contributed by atoms with van der Waals surface area (Å²) in [7, 11) is 11.5. The van der Waals surface area contributed by atoms with E-state index < -0.39 is 152 Å². The van der Waals surface area contributed by atoms with E-state index in [1.807, 2.05) is 4.90 Å². The number of H-pyrrole nitrogens is 1. The molecule has 4 saturated heterocycles. The minimum Gasteiger partial charge on any atom is -0.480 e.